The van der Waals surface area contributed by atoms with Gasteiger partial charge < -0.3 is 20.6 Å². The summed E-state index contributed by atoms with van der Waals surface area (Å²) in [4.78, 5) is 44.8. The molecule has 1 aromatic rings. The number of phenols is 1. The molecular weight excluding hydrogens is 429 g/mol. The number of hydrogen-bond acceptors (Lipinski definition) is 10. The van der Waals surface area contributed by atoms with Crippen molar-refractivity contribution in [3.63, 3.8) is 0 Å². The second kappa shape index (κ2) is 9.58. The molecule has 0 fully saturated rings. The van der Waals surface area contributed by atoms with E-state index in [2.05, 4.69) is 0 Å². The van der Waals surface area contributed by atoms with Crippen molar-refractivity contribution in [2.24, 2.45) is 10.9 Å². The normalized spacial score (nSPS) is 14.2. The summed E-state index contributed by atoms with van der Waals surface area (Å²) in [5.41, 5.74) is 2.11. The Morgan fingerprint density at radius 2 is 1.50 bits per heavy atom. The largest absolute Gasteiger partial charge is 0.497 e. The number of nitro benzene ring substituents is 3. The minimum atomic E-state index is -4.25. The molecule has 0 aliphatic rings. The smallest absolute Gasteiger partial charge is 0.342 e. The lowest BCUT2D eigenvalue weighted by atomic mass is 10.2. The number of nitro groups is 3. The van der Waals surface area contributed by atoms with E-state index >= 15 is 0 Å². The molecule has 0 heterocycles. The number of aromatic hydroxyl groups is 1. The number of benzene rings is 1. The number of rotatable bonds is 7. The Bertz CT molecular complexity index is 830. The van der Waals surface area contributed by atoms with Gasteiger partial charge in [-0.1, -0.05) is 4.21 Å². The lowest BCUT2D eigenvalue weighted by molar-refractivity contribution is -0.404. The van der Waals surface area contributed by atoms with Crippen LogP contribution in [-0.4, -0.2) is 47.5 Å². The molecule has 0 aliphatic heterocycles. The van der Waals surface area contributed by atoms with Gasteiger partial charge in [-0.15, -0.1) is 0 Å². The van der Waals surface area contributed by atoms with Crippen LogP contribution in [0.4, 0.5) is 17.1 Å². The summed E-state index contributed by atoms with van der Waals surface area (Å²) in [6.45, 7) is 0. The topological polar surface area (TPSA) is 276 Å². The zero-order chi connectivity index (χ0) is 22.4. The molecule has 0 aliphatic carbocycles. The molecular formula is C10H17N5O11PS+. The molecule has 7 N–H and O–H groups in total. The van der Waals surface area contributed by atoms with Gasteiger partial charge in [0.1, 0.15) is 27.9 Å². The maximum atomic E-state index is 10.9. The van der Waals surface area contributed by atoms with Crippen molar-refractivity contribution in [1.29, 1.82) is 0 Å². The number of phenolic OH excluding ortho intramolecular Hbond substituents is 1. The van der Waals surface area contributed by atoms with Crippen LogP contribution in [0, 0.1) is 30.3 Å². The van der Waals surface area contributed by atoms with E-state index in [0.717, 1.165) is 0 Å². The van der Waals surface area contributed by atoms with Gasteiger partial charge >= 0.3 is 19.0 Å². The van der Waals surface area contributed by atoms with Gasteiger partial charge in [-0.2, -0.15) is 5.14 Å². The lowest BCUT2D eigenvalue weighted by Crippen LogP contribution is -2.30. The molecule has 0 saturated carbocycles. The van der Waals surface area contributed by atoms with Crippen molar-refractivity contribution in [1.82, 2.24) is 0 Å². The third-order valence-corrected chi connectivity index (χ3v) is 5.08. The fraction of sp³-hybridized carbons (Fsp3) is 0.400. The first kappa shape index (κ1) is 25.4. The summed E-state index contributed by atoms with van der Waals surface area (Å²) >= 11 is 0. The first-order valence-electron chi connectivity index (χ1n) is 6.83. The minimum absolute atomic E-state index is 0.0271. The maximum absolute atomic E-state index is 10.9. The molecule has 28 heavy (non-hydrogen) atoms. The van der Waals surface area contributed by atoms with Gasteiger partial charge in [-0.25, -0.2) is 0 Å². The quantitative estimate of drug-likeness (QED) is 0.160. The highest BCUT2D eigenvalue weighted by Crippen LogP contribution is 2.40. The van der Waals surface area contributed by atoms with Crippen molar-refractivity contribution >= 4 is 34.8 Å². The molecule has 2 atom stereocenters. The molecule has 16 nitrogen and oxygen atoms in total. The third-order valence-electron chi connectivity index (χ3n) is 2.91. The first-order chi connectivity index (χ1) is 12.5. The van der Waals surface area contributed by atoms with Crippen LogP contribution in [0.25, 0.3) is 0 Å². The first-order valence-corrected chi connectivity index (χ1v) is 10.7. The molecule has 0 amide bonds. The zero-order valence-corrected chi connectivity index (χ0v) is 15.8. The highest BCUT2D eigenvalue weighted by atomic mass is 32.3. The third kappa shape index (κ3) is 8.42. The number of hydrogen-bond donors (Lipinski definition) is 5. The van der Waals surface area contributed by atoms with Gasteiger partial charge in [0.05, 0.1) is 26.9 Å². The van der Waals surface area contributed by atoms with Gasteiger partial charge in [-0.05, 0) is 0 Å². The average molecular weight is 446 g/mol. The van der Waals surface area contributed by atoms with E-state index in [4.69, 9.17) is 25.8 Å². The van der Waals surface area contributed by atoms with Gasteiger partial charge in [0.2, 0.25) is 0 Å². The molecule has 1 aromatic carbocycles. The summed E-state index contributed by atoms with van der Waals surface area (Å²) in [6, 6.07) is 0.894. The molecule has 1 rings (SSSR count). The fourth-order valence-corrected chi connectivity index (χ4v) is 2.86. The molecule has 2 unspecified atom stereocenters. The van der Waals surface area contributed by atoms with Crippen molar-refractivity contribution in [2.45, 2.75) is 12.2 Å². The van der Waals surface area contributed by atoms with E-state index in [0.29, 0.717) is 12.1 Å². The van der Waals surface area contributed by atoms with Crippen LogP contribution in [0.2, 0.25) is 0 Å². The highest BCUT2D eigenvalue weighted by molar-refractivity contribution is 8.00. The van der Waals surface area contributed by atoms with Crippen LogP contribution in [0.3, 0.4) is 0 Å². The Morgan fingerprint density at radius 1 is 1.11 bits per heavy atom. The Kier molecular flexibility index (Phi) is 8.70. The van der Waals surface area contributed by atoms with Gasteiger partial charge in [0.25, 0.3) is 11.4 Å². The van der Waals surface area contributed by atoms with Crippen LogP contribution in [0.5, 0.6) is 5.75 Å². The van der Waals surface area contributed by atoms with E-state index in [9.17, 15) is 39.1 Å². The van der Waals surface area contributed by atoms with E-state index in [-0.39, 0.29) is 12.2 Å². The fourth-order valence-electron chi connectivity index (χ4n) is 1.50. The van der Waals surface area contributed by atoms with E-state index < -0.39 is 61.1 Å². The van der Waals surface area contributed by atoms with Gasteiger partial charge in [0.15, 0.2) is 0 Å². The van der Waals surface area contributed by atoms with Crippen molar-refractivity contribution < 1.29 is 38.4 Å². The number of nitrogens with zero attached hydrogens (tertiary/aromatic N) is 3. The number of nitrogens with two attached hydrogens (primary N) is 2. The molecule has 0 aromatic heterocycles. The summed E-state index contributed by atoms with van der Waals surface area (Å²) in [6.07, 6.45) is 1.29. The molecule has 0 radical (unpaired) electrons. The maximum Gasteiger partial charge on any atom is 0.342 e. The van der Waals surface area contributed by atoms with Gasteiger partial charge in [0, 0.05) is 6.42 Å². The van der Waals surface area contributed by atoms with Crippen LogP contribution in [0.1, 0.15) is 6.42 Å². The lowest BCUT2D eigenvalue weighted by Gasteiger charge is -2.11. The summed E-state index contributed by atoms with van der Waals surface area (Å²) in [7, 11) is -6.70. The van der Waals surface area contributed by atoms with Gasteiger partial charge in [-0.3, -0.25) is 34.9 Å². The molecule has 18 heteroatoms. The molecule has 0 saturated heterocycles. The highest BCUT2D eigenvalue weighted by Gasteiger charge is 2.30. The molecule has 0 bridgehead atoms. The average Bonchev–Trinajstić information content (AvgIpc) is 2.50. The molecule has 0 spiro atoms. The Balaban J connectivity index is 0.000000546. The summed E-state index contributed by atoms with van der Waals surface area (Å²) in [5, 5.41) is 45.4. The van der Waals surface area contributed by atoms with Crippen molar-refractivity contribution in [2.75, 3.05) is 12.0 Å². The van der Waals surface area contributed by atoms with Crippen LogP contribution >= 0.6 is 7.60 Å². The number of non-ortho nitro benzene ring substituents is 1. The van der Waals surface area contributed by atoms with E-state index in [1.165, 1.54) is 6.26 Å². The Morgan fingerprint density at radius 3 is 1.75 bits per heavy atom. The van der Waals surface area contributed by atoms with Crippen LogP contribution in [0.15, 0.2) is 12.1 Å². The predicted molar refractivity (Wildman–Crippen MR) is 95.7 cm³/mol. The van der Waals surface area contributed by atoms with E-state index in [1.54, 1.807) is 0 Å². The second-order valence-electron chi connectivity index (χ2n) is 5.32. The standard InChI is InChI=1S/C6H3N3O7.C4H13N2O4PS/c10-6-4(8(13)14)1-3(7(11)12)2-5(6)9(15)16;1-12(6,10)3-2-4(5)11(7,8)9/h1-2,10H;4H,2-3,5H2,1H3,(H3-,6,7,8,9,10)/p+1. The Hall–Kier alpha value is -2.56. The van der Waals surface area contributed by atoms with Crippen LogP contribution < -0.4 is 10.9 Å². The summed E-state index contributed by atoms with van der Waals surface area (Å²) in [5.74, 6) is -2.44. The van der Waals surface area contributed by atoms with Crippen molar-refractivity contribution in [3.05, 3.63) is 42.5 Å². The minimum Gasteiger partial charge on any atom is -0.497 e. The second-order valence-corrected chi connectivity index (χ2v) is 9.72. The predicted octanol–water partition coefficient (Wildman–Crippen LogP) is -0.0412. The Labute approximate surface area is 157 Å². The zero-order valence-electron chi connectivity index (χ0n) is 14.1. The van der Waals surface area contributed by atoms with Crippen LogP contribution in [-0.2, 0) is 18.9 Å². The van der Waals surface area contributed by atoms with Crippen molar-refractivity contribution in [3.8, 4) is 5.75 Å². The summed E-state index contributed by atoms with van der Waals surface area (Å²) < 4.78 is 21.4. The molecule has 158 valence electrons. The SMILES string of the molecule is C[S+](N)(=O)CCC(N)P(=O)(O)O.O=[N+]([O-])c1cc([N+](=O)[O-])c(O)c([N+](=O)[O-])c1. The monoisotopic (exact) mass is 446 g/mol. The van der Waals surface area contributed by atoms with E-state index in [1.807, 2.05) is 0 Å².